The number of carbonyl (C=O) groups is 3. The van der Waals surface area contributed by atoms with Crippen LogP contribution in [0.3, 0.4) is 0 Å². The van der Waals surface area contributed by atoms with Gasteiger partial charge in [-0.05, 0) is 6.42 Å². The van der Waals surface area contributed by atoms with Crippen LogP contribution in [-0.4, -0.2) is 78.8 Å². The predicted octanol–water partition coefficient (Wildman–Crippen LogP) is -0.650. The molecular formula is C12H21N3O5. The molecule has 1 aliphatic heterocycles. The van der Waals surface area contributed by atoms with Gasteiger partial charge in [0.2, 0.25) is 5.91 Å². The number of carboxylic acid groups (broad SMARTS) is 1. The van der Waals surface area contributed by atoms with E-state index in [2.05, 4.69) is 5.32 Å². The molecule has 20 heavy (non-hydrogen) atoms. The molecule has 0 aromatic carbocycles. The summed E-state index contributed by atoms with van der Waals surface area (Å²) in [6.07, 6.45) is 0.489. The van der Waals surface area contributed by atoms with E-state index in [1.807, 2.05) is 6.92 Å². The minimum absolute atomic E-state index is 0.177. The van der Waals surface area contributed by atoms with E-state index < -0.39 is 24.6 Å². The second-order valence-corrected chi connectivity index (χ2v) is 4.50. The highest BCUT2D eigenvalue weighted by Crippen LogP contribution is 2.11. The van der Waals surface area contributed by atoms with Crippen molar-refractivity contribution >= 4 is 17.9 Å². The molecule has 1 aliphatic rings. The van der Waals surface area contributed by atoms with Gasteiger partial charge in [0.05, 0.1) is 6.61 Å². The summed E-state index contributed by atoms with van der Waals surface area (Å²) < 4.78 is 4.88. The Morgan fingerprint density at radius 2 is 2.25 bits per heavy atom. The number of urea groups is 1. The average molecular weight is 287 g/mol. The van der Waals surface area contributed by atoms with Gasteiger partial charge in [-0.2, -0.15) is 0 Å². The van der Waals surface area contributed by atoms with E-state index in [1.54, 1.807) is 0 Å². The number of hydrogen-bond donors (Lipinski definition) is 2. The summed E-state index contributed by atoms with van der Waals surface area (Å²) in [5.74, 6) is -1.29. The molecule has 0 spiro atoms. The van der Waals surface area contributed by atoms with E-state index in [0.29, 0.717) is 19.5 Å². The van der Waals surface area contributed by atoms with Crippen LogP contribution in [0.15, 0.2) is 0 Å². The third-order valence-corrected chi connectivity index (χ3v) is 3.13. The Morgan fingerprint density at radius 1 is 1.55 bits per heavy atom. The van der Waals surface area contributed by atoms with Gasteiger partial charge in [-0.1, -0.05) is 6.92 Å². The maximum absolute atomic E-state index is 12.4. The van der Waals surface area contributed by atoms with Gasteiger partial charge in [-0.25, -0.2) is 4.79 Å². The van der Waals surface area contributed by atoms with Crippen LogP contribution in [-0.2, 0) is 14.3 Å². The van der Waals surface area contributed by atoms with Crippen molar-refractivity contribution in [3.8, 4) is 0 Å². The minimum atomic E-state index is -1.09. The van der Waals surface area contributed by atoms with Gasteiger partial charge in [0.1, 0.15) is 12.6 Å². The molecule has 0 aliphatic carbocycles. The van der Waals surface area contributed by atoms with E-state index in [0.717, 1.165) is 0 Å². The van der Waals surface area contributed by atoms with E-state index in [4.69, 9.17) is 9.84 Å². The monoisotopic (exact) mass is 287 g/mol. The Bertz CT molecular complexity index is 374. The average Bonchev–Trinajstić information content (AvgIpc) is 2.42. The third kappa shape index (κ3) is 4.09. The molecule has 1 rings (SSSR count). The lowest BCUT2D eigenvalue weighted by molar-refractivity contribution is -0.137. The predicted molar refractivity (Wildman–Crippen MR) is 70.3 cm³/mol. The summed E-state index contributed by atoms with van der Waals surface area (Å²) in [6, 6.07) is -0.985. The minimum Gasteiger partial charge on any atom is -0.480 e. The standard InChI is InChI=1S/C12H21N3O5/c1-3-9-11(18)13-4-5-15(9)12(19)14(6-7-20-2)8-10(16)17/h9H,3-8H2,1-2H3,(H,13,18)(H,16,17). The number of methoxy groups -OCH3 is 1. The number of carbonyl (C=O) groups excluding carboxylic acids is 2. The number of nitrogens with zero attached hydrogens (tertiary/aromatic N) is 2. The molecule has 3 amide bonds. The lowest BCUT2D eigenvalue weighted by Crippen LogP contribution is -2.60. The van der Waals surface area contributed by atoms with Crippen molar-refractivity contribution in [3.63, 3.8) is 0 Å². The summed E-state index contributed by atoms with van der Waals surface area (Å²) in [7, 11) is 1.48. The first-order valence-electron chi connectivity index (χ1n) is 6.55. The lowest BCUT2D eigenvalue weighted by Gasteiger charge is -2.37. The number of carboxylic acids is 1. The molecule has 1 atom stereocenters. The molecule has 0 saturated carbocycles. The van der Waals surface area contributed by atoms with Crippen LogP contribution in [0.2, 0.25) is 0 Å². The molecule has 2 N–H and O–H groups in total. The number of ether oxygens (including phenoxy) is 1. The van der Waals surface area contributed by atoms with Crippen molar-refractivity contribution in [1.29, 1.82) is 0 Å². The number of amides is 3. The van der Waals surface area contributed by atoms with Gasteiger partial charge < -0.3 is 25.0 Å². The van der Waals surface area contributed by atoms with Gasteiger partial charge in [0, 0.05) is 26.7 Å². The summed E-state index contributed by atoms with van der Waals surface area (Å²) in [6.45, 7) is 2.59. The van der Waals surface area contributed by atoms with E-state index in [-0.39, 0.29) is 19.1 Å². The molecule has 0 radical (unpaired) electrons. The summed E-state index contributed by atoms with van der Waals surface area (Å²) in [5, 5.41) is 11.6. The van der Waals surface area contributed by atoms with Crippen LogP contribution in [0.5, 0.6) is 0 Å². The molecule has 114 valence electrons. The molecule has 0 bridgehead atoms. The fraction of sp³-hybridized carbons (Fsp3) is 0.750. The molecule has 1 saturated heterocycles. The third-order valence-electron chi connectivity index (χ3n) is 3.13. The zero-order chi connectivity index (χ0) is 15.1. The fourth-order valence-corrected chi connectivity index (χ4v) is 2.14. The SMILES string of the molecule is CCC1C(=O)NCCN1C(=O)N(CCOC)CC(=O)O. The molecule has 1 heterocycles. The Morgan fingerprint density at radius 3 is 2.80 bits per heavy atom. The van der Waals surface area contributed by atoms with Crippen molar-refractivity contribution in [2.45, 2.75) is 19.4 Å². The van der Waals surface area contributed by atoms with Crippen molar-refractivity contribution < 1.29 is 24.2 Å². The number of hydrogen-bond acceptors (Lipinski definition) is 4. The van der Waals surface area contributed by atoms with Crippen LogP contribution in [0, 0.1) is 0 Å². The van der Waals surface area contributed by atoms with Gasteiger partial charge in [0.15, 0.2) is 0 Å². The Kier molecular flexibility index (Phi) is 6.23. The van der Waals surface area contributed by atoms with Crippen molar-refractivity contribution in [2.75, 3.05) is 39.9 Å². The summed E-state index contributed by atoms with van der Waals surface area (Å²) in [5.41, 5.74) is 0. The molecule has 0 aromatic heterocycles. The van der Waals surface area contributed by atoms with Crippen molar-refractivity contribution in [1.82, 2.24) is 15.1 Å². The Hall–Kier alpha value is -1.83. The highest BCUT2D eigenvalue weighted by atomic mass is 16.5. The fourth-order valence-electron chi connectivity index (χ4n) is 2.14. The zero-order valence-electron chi connectivity index (χ0n) is 11.8. The maximum Gasteiger partial charge on any atom is 0.323 e. The molecule has 1 unspecified atom stereocenters. The van der Waals surface area contributed by atoms with Gasteiger partial charge in [0.25, 0.3) is 0 Å². The van der Waals surface area contributed by atoms with Crippen LogP contribution in [0.1, 0.15) is 13.3 Å². The first-order chi connectivity index (χ1) is 9.51. The van der Waals surface area contributed by atoms with Crippen LogP contribution in [0.4, 0.5) is 4.79 Å². The zero-order valence-corrected chi connectivity index (χ0v) is 11.8. The van der Waals surface area contributed by atoms with E-state index in [1.165, 1.54) is 16.9 Å². The molecule has 0 aromatic rings. The highest BCUT2D eigenvalue weighted by Gasteiger charge is 2.34. The first-order valence-corrected chi connectivity index (χ1v) is 6.55. The van der Waals surface area contributed by atoms with Crippen LogP contribution >= 0.6 is 0 Å². The summed E-state index contributed by atoms with van der Waals surface area (Å²) >= 11 is 0. The van der Waals surface area contributed by atoms with Crippen LogP contribution < -0.4 is 5.32 Å². The van der Waals surface area contributed by atoms with Gasteiger partial charge in [-0.15, -0.1) is 0 Å². The smallest absolute Gasteiger partial charge is 0.323 e. The van der Waals surface area contributed by atoms with Crippen LogP contribution in [0.25, 0.3) is 0 Å². The molecule has 1 fully saturated rings. The van der Waals surface area contributed by atoms with E-state index >= 15 is 0 Å². The number of piperazine rings is 1. The topological polar surface area (TPSA) is 99.2 Å². The first kappa shape index (κ1) is 16.2. The van der Waals surface area contributed by atoms with Gasteiger partial charge >= 0.3 is 12.0 Å². The highest BCUT2D eigenvalue weighted by molar-refractivity contribution is 5.89. The second kappa shape index (κ2) is 7.68. The number of nitrogens with one attached hydrogen (secondary N) is 1. The van der Waals surface area contributed by atoms with Crippen molar-refractivity contribution in [3.05, 3.63) is 0 Å². The molecule has 8 nitrogen and oxygen atoms in total. The van der Waals surface area contributed by atoms with E-state index in [9.17, 15) is 14.4 Å². The molecular weight excluding hydrogens is 266 g/mol. The Labute approximate surface area is 117 Å². The lowest BCUT2D eigenvalue weighted by atomic mass is 10.1. The van der Waals surface area contributed by atoms with Gasteiger partial charge in [-0.3, -0.25) is 9.59 Å². The molecule has 8 heteroatoms. The van der Waals surface area contributed by atoms with Crippen molar-refractivity contribution in [2.24, 2.45) is 0 Å². The Balaban J connectivity index is 2.80. The maximum atomic E-state index is 12.4. The summed E-state index contributed by atoms with van der Waals surface area (Å²) in [4.78, 5) is 37.6. The number of rotatable bonds is 6. The second-order valence-electron chi connectivity index (χ2n) is 4.50. The normalized spacial score (nSPS) is 18.6. The quantitative estimate of drug-likeness (QED) is 0.676. The number of aliphatic carboxylic acids is 1. The largest absolute Gasteiger partial charge is 0.480 e.